The molecule has 1 fully saturated rings. The minimum atomic E-state index is 0.454. The highest BCUT2D eigenvalue weighted by molar-refractivity contribution is 5.64. The van der Waals surface area contributed by atoms with Crippen LogP contribution in [-0.2, 0) is 6.54 Å². The first kappa shape index (κ1) is 16.2. The second-order valence-electron chi connectivity index (χ2n) is 7.23. The molecule has 120 valence electrons. The summed E-state index contributed by atoms with van der Waals surface area (Å²) in [6.07, 6.45) is 7.82. The van der Waals surface area contributed by atoms with Gasteiger partial charge in [-0.15, -0.1) is 0 Å². The minimum Gasteiger partial charge on any atom is -0.394 e. The average molecular weight is 292 g/mol. The van der Waals surface area contributed by atoms with E-state index in [4.69, 9.17) is 5.73 Å². The topological polar surface area (TPSA) is 55.9 Å². The van der Waals surface area contributed by atoms with Crippen LogP contribution in [0.5, 0.6) is 0 Å². The van der Waals surface area contributed by atoms with Gasteiger partial charge < -0.3 is 11.1 Å². The van der Waals surface area contributed by atoms with E-state index in [1.165, 1.54) is 32.1 Å². The fourth-order valence-electron chi connectivity index (χ4n) is 3.87. The van der Waals surface area contributed by atoms with Crippen LogP contribution in [0.1, 0.15) is 65.0 Å². The van der Waals surface area contributed by atoms with Gasteiger partial charge in [0.1, 0.15) is 5.82 Å². The van der Waals surface area contributed by atoms with E-state index in [0.29, 0.717) is 5.41 Å². The van der Waals surface area contributed by atoms with Gasteiger partial charge in [0.2, 0.25) is 0 Å². The van der Waals surface area contributed by atoms with E-state index in [-0.39, 0.29) is 0 Å². The van der Waals surface area contributed by atoms with E-state index in [9.17, 15) is 0 Å². The van der Waals surface area contributed by atoms with Crippen molar-refractivity contribution in [2.24, 2.45) is 11.3 Å². The molecule has 1 saturated carbocycles. The third-order valence-corrected chi connectivity index (χ3v) is 4.75. The van der Waals surface area contributed by atoms with Gasteiger partial charge in [0, 0.05) is 13.1 Å². The van der Waals surface area contributed by atoms with Gasteiger partial charge in [-0.25, -0.2) is 4.68 Å². The lowest BCUT2D eigenvalue weighted by Crippen LogP contribution is -2.29. The molecule has 1 aromatic heterocycles. The zero-order chi connectivity index (χ0) is 15.5. The largest absolute Gasteiger partial charge is 0.394 e. The fourth-order valence-corrected chi connectivity index (χ4v) is 3.87. The van der Waals surface area contributed by atoms with E-state index < -0.39 is 0 Å². The Balaban J connectivity index is 2.10. The number of nitrogens with zero attached hydrogens (tertiary/aromatic N) is 2. The SMILES string of the molecule is CCCn1nc(C)c(N)c1NCC1(CC(C)C)CCCC1. The smallest absolute Gasteiger partial charge is 0.148 e. The van der Waals surface area contributed by atoms with Crippen LogP contribution in [0.2, 0.25) is 0 Å². The van der Waals surface area contributed by atoms with Gasteiger partial charge in [-0.1, -0.05) is 33.6 Å². The lowest BCUT2D eigenvalue weighted by molar-refractivity contribution is 0.252. The van der Waals surface area contributed by atoms with Gasteiger partial charge >= 0.3 is 0 Å². The Morgan fingerprint density at radius 3 is 2.57 bits per heavy atom. The monoisotopic (exact) mass is 292 g/mol. The van der Waals surface area contributed by atoms with Crippen molar-refractivity contribution < 1.29 is 0 Å². The van der Waals surface area contributed by atoms with Crippen molar-refractivity contribution in [3.05, 3.63) is 5.69 Å². The Morgan fingerprint density at radius 2 is 2.00 bits per heavy atom. The van der Waals surface area contributed by atoms with Crippen LogP contribution in [0.15, 0.2) is 0 Å². The number of hydrogen-bond donors (Lipinski definition) is 2. The summed E-state index contributed by atoms with van der Waals surface area (Å²) in [7, 11) is 0. The number of rotatable bonds is 7. The van der Waals surface area contributed by atoms with Crippen molar-refractivity contribution in [1.29, 1.82) is 0 Å². The summed E-state index contributed by atoms with van der Waals surface area (Å²) in [6.45, 7) is 10.8. The van der Waals surface area contributed by atoms with E-state index in [2.05, 4.69) is 31.2 Å². The molecule has 4 nitrogen and oxygen atoms in total. The first-order valence-corrected chi connectivity index (χ1v) is 8.54. The first-order valence-electron chi connectivity index (χ1n) is 8.54. The van der Waals surface area contributed by atoms with Crippen LogP contribution in [0.25, 0.3) is 0 Å². The number of aromatic nitrogens is 2. The molecule has 1 aliphatic rings. The predicted octanol–water partition coefficient (Wildman–Crippen LogP) is 4.20. The van der Waals surface area contributed by atoms with Crippen molar-refractivity contribution in [1.82, 2.24) is 9.78 Å². The van der Waals surface area contributed by atoms with Gasteiger partial charge in [0.15, 0.2) is 0 Å². The summed E-state index contributed by atoms with van der Waals surface area (Å²) in [4.78, 5) is 0. The third-order valence-electron chi connectivity index (χ3n) is 4.75. The maximum atomic E-state index is 6.22. The molecule has 1 heterocycles. The van der Waals surface area contributed by atoms with Gasteiger partial charge in [-0.3, -0.25) is 0 Å². The quantitative estimate of drug-likeness (QED) is 0.792. The maximum Gasteiger partial charge on any atom is 0.148 e. The van der Waals surface area contributed by atoms with E-state index in [1.54, 1.807) is 0 Å². The molecule has 4 heteroatoms. The number of nitrogen functional groups attached to an aromatic ring is 1. The van der Waals surface area contributed by atoms with E-state index in [0.717, 1.165) is 42.6 Å². The van der Waals surface area contributed by atoms with Crippen LogP contribution >= 0.6 is 0 Å². The molecule has 0 amide bonds. The highest BCUT2D eigenvalue weighted by atomic mass is 15.3. The van der Waals surface area contributed by atoms with E-state index in [1.807, 2.05) is 11.6 Å². The molecular weight excluding hydrogens is 260 g/mol. The molecule has 1 aromatic rings. The van der Waals surface area contributed by atoms with Gasteiger partial charge in [-0.2, -0.15) is 5.10 Å². The van der Waals surface area contributed by atoms with Crippen LogP contribution in [-0.4, -0.2) is 16.3 Å². The van der Waals surface area contributed by atoms with Crippen molar-refractivity contribution in [3.63, 3.8) is 0 Å². The second-order valence-corrected chi connectivity index (χ2v) is 7.23. The molecule has 3 N–H and O–H groups in total. The number of anilines is 2. The number of nitrogens with two attached hydrogens (primary N) is 1. The molecule has 0 saturated heterocycles. The predicted molar refractivity (Wildman–Crippen MR) is 90.5 cm³/mol. The van der Waals surface area contributed by atoms with Gasteiger partial charge in [-0.05, 0) is 43.9 Å². The minimum absolute atomic E-state index is 0.454. The summed E-state index contributed by atoms with van der Waals surface area (Å²) in [5, 5.41) is 8.21. The summed E-state index contributed by atoms with van der Waals surface area (Å²) < 4.78 is 2.04. The highest BCUT2D eigenvalue weighted by Gasteiger charge is 2.34. The van der Waals surface area contributed by atoms with Crippen molar-refractivity contribution >= 4 is 11.5 Å². The molecule has 1 aliphatic carbocycles. The number of hydrogen-bond acceptors (Lipinski definition) is 3. The van der Waals surface area contributed by atoms with Gasteiger partial charge in [0.05, 0.1) is 11.4 Å². The lowest BCUT2D eigenvalue weighted by Gasteiger charge is -2.31. The fraction of sp³-hybridized carbons (Fsp3) is 0.824. The number of nitrogens with one attached hydrogen (secondary N) is 1. The van der Waals surface area contributed by atoms with Crippen LogP contribution < -0.4 is 11.1 Å². The molecule has 0 atom stereocenters. The number of aryl methyl sites for hydroxylation is 2. The van der Waals surface area contributed by atoms with Crippen molar-refractivity contribution in [2.75, 3.05) is 17.6 Å². The molecule has 0 spiro atoms. The average Bonchev–Trinajstić information content (AvgIpc) is 2.95. The Bertz CT molecular complexity index is 456. The molecule has 0 bridgehead atoms. The van der Waals surface area contributed by atoms with E-state index >= 15 is 0 Å². The Hall–Kier alpha value is -1.19. The standard InChI is InChI=1S/C17H32N4/c1-5-10-21-16(15(18)14(4)20-21)19-12-17(11-13(2)3)8-6-7-9-17/h13,19H,5-12,18H2,1-4H3. The molecule has 0 aromatic carbocycles. The summed E-state index contributed by atoms with van der Waals surface area (Å²) in [5.74, 6) is 1.79. The van der Waals surface area contributed by atoms with Crippen LogP contribution in [0, 0.1) is 18.3 Å². The van der Waals surface area contributed by atoms with Crippen molar-refractivity contribution in [2.45, 2.75) is 72.8 Å². The zero-order valence-electron chi connectivity index (χ0n) is 14.2. The first-order chi connectivity index (χ1) is 9.97. The Labute approximate surface area is 129 Å². The van der Waals surface area contributed by atoms with Crippen LogP contribution in [0.4, 0.5) is 11.5 Å². The lowest BCUT2D eigenvalue weighted by atomic mass is 9.78. The molecule has 0 radical (unpaired) electrons. The molecule has 0 unspecified atom stereocenters. The summed E-state index contributed by atoms with van der Waals surface area (Å²) >= 11 is 0. The molecular formula is C17H32N4. The van der Waals surface area contributed by atoms with Crippen molar-refractivity contribution in [3.8, 4) is 0 Å². The molecule has 2 rings (SSSR count). The summed E-state index contributed by atoms with van der Waals surface area (Å²) in [6, 6.07) is 0. The Morgan fingerprint density at radius 1 is 1.33 bits per heavy atom. The zero-order valence-corrected chi connectivity index (χ0v) is 14.2. The summed E-state index contributed by atoms with van der Waals surface area (Å²) in [5.41, 5.74) is 8.43. The molecule has 0 aliphatic heterocycles. The Kier molecular flexibility index (Phi) is 5.17. The second kappa shape index (κ2) is 6.71. The highest BCUT2D eigenvalue weighted by Crippen LogP contribution is 2.43. The third kappa shape index (κ3) is 3.72. The normalized spacial score (nSPS) is 17.6. The van der Waals surface area contributed by atoms with Gasteiger partial charge in [0.25, 0.3) is 0 Å². The van der Waals surface area contributed by atoms with Crippen LogP contribution in [0.3, 0.4) is 0 Å². The molecule has 21 heavy (non-hydrogen) atoms. The maximum absolute atomic E-state index is 6.22.